The fraction of sp³-hybridized carbons (Fsp3) is 0.769. The average molecular weight is 557 g/mol. The zero-order valence-electron chi connectivity index (χ0n) is 24.3. The van der Waals surface area contributed by atoms with Crippen LogP contribution in [0.25, 0.3) is 0 Å². The highest BCUT2D eigenvalue weighted by molar-refractivity contribution is 5.85. The number of aliphatic hydroxyl groups is 4. The van der Waals surface area contributed by atoms with E-state index in [0.717, 1.165) is 0 Å². The van der Waals surface area contributed by atoms with E-state index in [1.165, 1.54) is 13.8 Å². The summed E-state index contributed by atoms with van der Waals surface area (Å²) >= 11 is 0. The molecule has 0 rings (SSSR count). The van der Waals surface area contributed by atoms with Crippen LogP contribution in [0, 0.1) is 0 Å². The molecular weight excluding hydrogens is 504 g/mol. The summed E-state index contributed by atoms with van der Waals surface area (Å²) in [5, 5.41) is 50.7. The largest absolute Gasteiger partial charge is 0.478 e. The average Bonchev–Trinajstić information content (AvgIpc) is 2.83. The van der Waals surface area contributed by atoms with Gasteiger partial charge in [0, 0.05) is 11.1 Å². The summed E-state index contributed by atoms with van der Waals surface area (Å²) in [6.07, 6.45) is -1.32. The second-order valence-electron chi connectivity index (χ2n) is 8.81. The van der Waals surface area contributed by atoms with Crippen molar-refractivity contribution in [2.24, 2.45) is 0 Å². The molecule has 0 spiro atoms. The van der Waals surface area contributed by atoms with E-state index in [2.05, 4.69) is 13.2 Å². The highest BCUT2D eigenvalue weighted by atomic mass is 16.6. The molecule has 0 heterocycles. The predicted molar refractivity (Wildman–Crippen MR) is 144 cm³/mol. The quantitative estimate of drug-likeness (QED) is 0.151. The van der Waals surface area contributed by atoms with Crippen molar-refractivity contribution in [3.63, 3.8) is 0 Å². The summed E-state index contributed by atoms with van der Waals surface area (Å²) < 4.78 is 21.1. The van der Waals surface area contributed by atoms with E-state index in [4.69, 9.17) is 49.6 Å². The van der Waals surface area contributed by atoms with Crippen LogP contribution >= 0.6 is 0 Å². The molecule has 0 aliphatic carbocycles. The van der Waals surface area contributed by atoms with Crippen LogP contribution in [0.4, 0.5) is 0 Å². The molecule has 0 aromatic carbocycles. The summed E-state index contributed by atoms with van der Waals surface area (Å²) in [5.74, 6) is -1.87. The number of hydrogen-bond donors (Lipinski definition) is 6. The van der Waals surface area contributed by atoms with Crippen molar-refractivity contribution in [2.45, 2.75) is 92.0 Å². The smallest absolute Gasteiger partial charge is 0.330 e. The SMILES string of the molecule is C=C(C)C(=O)O.C=C(C)C(=O)O.CC(O)COC(C)CO.CC(O)COC(C)COC(C)COC(C)CO. The molecule has 12 heteroatoms. The number of hydrogen-bond acceptors (Lipinski definition) is 10. The minimum absolute atomic E-state index is 0.00667. The molecule has 0 aliphatic heterocycles. The molecule has 6 N–H and O–H groups in total. The highest BCUT2D eigenvalue weighted by Gasteiger charge is 2.10. The second kappa shape index (κ2) is 28.1. The van der Waals surface area contributed by atoms with Crippen molar-refractivity contribution in [3.05, 3.63) is 24.3 Å². The number of carbonyl (C=O) groups is 2. The van der Waals surface area contributed by atoms with Crippen LogP contribution in [-0.2, 0) is 28.5 Å². The first-order valence-electron chi connectivity index (χ1n) is 12.2. The Hall–Kier alpha value is -1.90. The Morgan fingerprint density at radius 1 is 0.579 bits per heavy atom. The third-order valence-corrected chi connectivity index (χ3v) is 3.72. The van der Waals surface area contributed by atoms with Crippen LogP contribution in [0.2, 0.25) is 0 Å². The molecule has 12 nitrogen and oxygen atoms in total. The van der Waals surface area contributed by atoms with Gasteiger partial charge in [0.2, 0.25) is 0 Å². The van der Waals surface area contributed by atoms with Crippen LogP contribution < -0.4 is 0 Å². The standard InChI is InChI=1S/C12H26O5.C6H14O3.2C4H6O2/c1-9(14)6-15-11(3)8-17-12(4)7-16-10(2)5-13;1-5(8)4-9-6(2)3-7;2*1-3(2)4(5)6/h9-14H,5-8H2,1-4H3;5-8H,3-4H2,1-2H3;2*1H2,2H3,(H,5,6). The topological polar surface area (TPSA) is 192 Å². The first-order valence-corrected chi connectivity index (χ1v) is 12.2. The van der Waals surface area contributed by atoms with Gasteiger partial charge in [-0.3, -0.25) is 0 Å². The highest BCUT2D eigenvalue weighted by Crippen LogP contribution is 2.00. The zero-order valence-corrected chi connectivity index (χ0v) is 24.3. The van der Waals surface area contributed by atoms with Gasteiger partial charge in [-0.15, -0.1) is 0 Å². The van der Waals surface area contributed by atoms with E-state index < -0.39 is 24.1 Å². The van der Waals surface area contributed by atoms with Gasteiger partial charge in [-0.1, -0.05) is 13.2 Å². The van der Waals surface area contributed by atoms with Gasteiger partial charge in [0.15, 0.2) is 0 Å². The van der Waals surface area contributed by atoms with Crippen LogP contribution in [-0.4, -0.2) is 119 Å². The molecule has 0 bridgehead atoms. The molecule has 6 unspecified atom stereocenters. The molecule has 6 atom stereocenters. The normalized spacial score (nSPS) is 14.8. The first kappa shape index (κ1) is 43.2. The van der Waals surface area contributed by atoms with Gasteiger partial charge in [0.25, 0.3) is 0 Å². The van der Waals surface area contributed by atoms with Crippen molar-refractivity contribution >= 4 is 11.9 Å². The number of carboxylic acid groups (broad SMARTS) is 2. The molecule has 0 saturated carbocycles. The Labute approximate surface area is 227 Å². The van der Waals surface area contributed by atoms with E-state index in [9.17, 15) is 9.59 Å². The Morgan fingerprint density at radius 3 is 1.00 bits per heavy atom. The summed E-state index contributed by atoms with van der Waals surface area (Å²) in [4.78, 5) is 19.2. The maximum atomic E-state index is 9.60. The van der Waals surface area contributed by atoms with E-state index in [1.807, 2.05) is 13.8 Å². The third-order valence-electron chi connectivity index (χ3n) is 3.72. The summed E-state index contributed by atoms with van der Waals surface area (Å²) in [5.41, 5.74) is 0.352. The van der Waals surface area contributed by atoms with Gasteiger partial charge in [0.1, 0.15) is 0 Å². The van der Waals surface area contributed by atoms with E-state index in [0.29, 0.717) is 26.4 Å². The molecule has 0 amide bonds. The minimum Gasteiger partial charge on any atom is -0.478 e. The fourth-order valence-corrected chi connectivity index (χ4v) is 1.41. The lowest BCUT2D eigenvalue weighted by atomic mass is 10.3. The maximum absolute atomic E-state index is 9.60. The van der Waals surface area contributed by atoms with Gasteiger partial charge in [0.05, 0.1) is 76.3 Å². The van der Waals surface area contributed by atoms with Gasteiger partial charge >= 0.3 is 11.9 Å². The predicted octanol–water partition coefficient (Wildman–Crippen LogP) is 1.63. The Bertz CT molecular complexity index is 559. The van der Waals surface area contributed by atoms with Crippen molar-refractivity contribution in [2.75, 3.05) is 39.6 Å². The number of aliphatic carboxylic acids is 2. The Morgan fingerprint density at radius 2 is 0.789 bits per heavy atom. The van der Waals surface area contributed by atoms with Gasteiger partial charge in [-0.2, -0.15) is 0 Å². The number of carboxylic acids is 2. The molecule has 38 heavy (non-hydrogen) atoms. The summed E-state index contributed by atoms with van der Waals surface area (Å²) in [7, 11) is 0. The Balaban J connectivity index is -0.000000230. The molecule has 0 saturated heterocycles. The molecule has 228 valence electrons. The summed E-state index contributed by atoms with van der Waals surface area (Å²) in [6.45, 7) is 21.4. The molecule has 0 aromatic heterocycles. The number of aliphatic hydroxyl groups excluding tert-OH is 4. The maximum Gasteiger partial charge on any atom is 0.330 e. The van der Waals surface area contributed by atoms with Gasteiger partial charge in [-0.05, 0) is 55.4 Å². The summed E-state index contributed by atoms with van der Waals surface area (Å²) in [6, 6.07) is 0. The lowest BCUT2D eigenvalue weighted by Crippen LogP contribution is -2.27. The fourth-order valence-electron chi connectivity index (χ4n) is 1.41. The monoisotopic (exact) mass is 556 g/mol. The zero-order chi connectivity index (χ0) is 30.8. The van der Waals surface area contributed by atoms with Crippen LogP contribution in [0.1, 0.15) is 55.4 Å². The van der Waals surface area contributed by atoms with Crippen molar-refractivity contribution in [3.8, 4) is 0 Å². The van der Waals surface area contributed by atoms with E-state index in [1.54, 1.807) is 27.7 Å². The van der Waals surface area contributed by atoms with Crippen molar-refractivity contribution < 1.29 is 59.2 Å². The van der Waals surface area contributed by atoms with Crippen LogP contribution in [0.3, 0.4) is 0 Å². The van der Waals surface area contributed by atoms with Crippen molar-refractivity contribution in [1.82, 2.24) is 0 Å². The minimum atomic E-state index is -0.935. The van der Waals surface area contributed by atoms with E-state index >= 15 is 0 Å². The molecule has 0 aromatic rings. The molecular formula is C26H52O12. The van der Waals surface area contributed by atoms with Crippen molar-refractivity contribution in [1.29, 1.82) is 0 Å². The molecule has 0 aliphatic rings. The van der Waals surface area contributed by atoms with Gasteiger partial charge in [-0.25, -0.2) is 9.59 Å². The number of rotatable bonds is 16. The third kappa shape index (κ3) is 41.2. The first-order chi connectivity index (χ1) is 17.4. The van der Waals surface area contributed by atoms with Crippen LogP contribution in [0.5, 0.6) is 0 Å². The lowest BCUT2D eigenvalue weighted by Gasteiger charge is -2.19. The Kier molecular flexibility index (Phi) is 31.9. The van der Waals surface area contributed by atoms with Gasteiger partial charge < -0.3 is 49.6 Å². The molecule has 0 fully saturated rings. The second-order valence-corrected chi connectivity index (χ2v) is 8.81. The van der Waals surface area contributed by atoms with Crippen LogP contribution in [0.15, 0.2) is 24.3 Å². The molecule has 0 radical (unpaired) electrons. The van der Waals surface area contributed by atoms with E-state index in [-0.39, 0.29) is 48.8 Å². The number of ether oxygens (including phenoxy) is 4. The lowest BCUT2D eigenvalue weighted by molar-refractivity contribution is -0.133.